The highest BCUT2D eigenvalue weighted by Gasteiger charge is 2.33. The topological polar surface area (TPSA) is 142 Å². The van der Waals surface area contributed by atoms with E-state index in [1.165, 1.54) is 37.5 Å². The molecule has 4 N–H and O–H groups in total. The molecule has 5 rings (SSSR count). The quantitative estimate of drug-likeness (QED) is 0.266. The predicted molar refractivity (Wildman–Crippen MR) is 159 cm³/mol. The summed E-state index contributed by atoms with van der Waals surface area (Å²) in [6, 6.07) is 6.05. The monoisotopic (exact) mass is 601 g/mol. The maximum absolute atomic E-state index is 12.9. The molecule has 10 nitrogen and oxygen atoms in total. The van der Waals surface area contributed by atoms with Gasteiger partial charge in [0.25, 0.3) is 5.91 Å². The summed E-state index contributed by atoms with van der Waals surface area (Å²) in [4.78, 5) is 57.1. The first-order chi connectivity index (χ1) is 19.7. The first-order valence-corrected chi connectivity index (χ1v) is 15.2. The minimum Gasteiger partial charge on any atom is -0.496 e. The SMILES string of the molecule is CC1CCCCC1.COc1cccc2[nH]c(C(=O)NCC(=O)NC(C[C@@H]3CCNC3=O)C(=O)c3nc(Cl)cs3)cc12. The van der Waals surface area contributed by atoms with Crippen LogP contribution in [-0.2, 0) is 9.59 Å². The van der Waals surface area contributed by atoms with Gasteiger partial charge in [-0.1, -0.05) is 56.7 Å². The number of H-pyrrole nitrogens is 1. The van der Waals surface area contributed by atoms with E-state index >= 15 is 0 Å². The van der Waals surface area contributed by atoms with Gasteiger partial charge in [-0.25, -0.2) is 4.98 Å². The van der Waals surface area contributed by atoms with Crippen LogP contribution < -0.4 is 20.7 Å². The normalized spacial score (nSPS) is 17.7. The lowest BCUT2D eigenvalue weighted by Gasteiger charge is -2.19. The van der Waals surface area contributed by atoms with Crippen molar-refractivity contribution in [3.05, 3.63) is 45.5 Å². The van der Waals surface area contributed by atoms with Gasteiger partial charge in [-0.15, -0.1) is 11.3 Å². The van der Waals surface area contributed by atoms with Crippen LogP contribution in [-0.4, -0.2) is 59.7 Å². The number of thiazole rings is 1. The number of benzene rings is 1. The number of aromatic nitrogens is 2. The van der Waals surface area contributed by atoms with E-state index in [1.807, 2.05) is 6.07 Å². The Labute approximate surface area is 248 Å². The van der Waals surface area contributed by atoms with E-state index in [0.29, 0.717) is 18.7 Å². The molecule has 3 amide bonds. The Bertz CT molecular complexity index is 1380. The molecule has 2 aliphatic rings. The number of nitrogens with zero attached hydrogens (tertiary/aromatic N) is 1. The number of ether oxygens (including phenoxy) is 1. The van der Waals surface area contributed by atoms with Gasteiger partial charge in [0.1, 0.15) is 16.6 Å². The van der Waals surface area contributed by atoms with Crippen LogP contribution in [0.2, 0.25) is 5.15 Å². The highest BCUT2D eigenvalue weighted by Crippen LogP contribution is 2.26. The second-order valence-electron chi connectivity index (χ2n) is 10.5. The average molecular weight is 602 g/mol. The number of amides is 3. The maximum Gasteiger partial charge on any atom is 0.268 e. The molecular weight excluding hydrogens is 566 g/mol. The number of carbonyl (C=O) groups is 4. The van der Waals surface area contributed by atoms with Crippen LogP contribution in [0.15, 0.2) is 29.6 Å². The number of hydrogen-bond donors (Lipinski definition) is 4. The van der Waals surface area contributed by atoms with Crippen molar-refractivity contribution in [2.75, 3.05) is 20.2 Å². The van der Waals surface area contributed by atoms with Gasteiger partial charge >= 0.3 is 0 Å². The van der Waals surface area contributed by atoms with E-state index in [9.17, 15) is 19.2 Å². The maximum atomic E-state index is 12.9. The van der Waals surface area contributed by atoms with Crippen LogP contribution in [0.25, 0.3) is 10.9 Å². The largest absolute Gasteiger partial charge is 0.496 e. The van der Waals surface area contributed by atoms with E-state index in [1.54, 1.807) is 25.3 Å². The van der Waals surface area contributed by atoms with Gasteiger partial charge < -0.3 is 25.7 Å². The van der Waals surface area contributed by atoms with Gasteiger partial charge in [-0.2, -0.15) is 0 Å². The van der Waals surface area contributed by atoms with Gasteiger partial charge in [0.15, 0.2) is 5.01 Å². The number of aromatic amines is 1. The highest BCUT2D eigenvalue weighted by atomic mass is 35.5. The standard InChI is InChI=1S/C22H22ClN5O5S.C7H14/c1-33-16-4-2-3-13-12(16)8-15(26-13)21(32)25-9-18(29)27-14(7-11-5-6-24-20(11)31)19(30)22-28-17(23)10-34-22;1-7-5-3-2-4-6-7/h2-4,8,10-11,14,26H,5-7,9H2,1H3,(H,24,31)(H,25,32)(H,27,29);7H,2-6H2,1H3/t11-,14?;/m0./s1. The molecule has 1 aliphatic carbocycles. The molecule has 1 saturated heterocycles. The molecule has 3 heterocycles. The Morgan fingerprint density at radius 2 is 1.98 bits per heavy atom. The molecule has 220 valence electrons. The minimum atomic E-state index is -0.974. The number of rotatable bonds is 9. The fraction of sp³-hybridized carbons (Fsp3) is 0.483. The average Bonchev–Trinajstić information content (AvgIpc) is 3.71. The summed E-state index contributed by atoms with van der Waals surface area (Å²) in [5.41, 5.74) is 0.983. The van der Waals surface area contributed by atoms with Gasteiger partial charge in [-0.05, 0) is 37.0 Å². The second-order valence-corrected chi connectivity index (χ2v) is 11.7. The van der Waals surface area contributed by atoms with E-state index < -0.39 is 29.6 Å². The van der Waals surface area contributed by atoms with Crippen LogP contribution in [0.4, 0.5) is 0 Å². The fourth-order valence-corrected chi connectivity index (χ4v) is 6.08. The van der Waals surface area contributed by atoms with Gasteiger partial charge in [0.05, 0.1) is 19.7 Å². The Morgan fingerprint density at radius 3 is 2.59 bits per heavy atom. The predicted octanol–water partition coefficient (Wildman–Crippen LogP) is 4.50. The number of fused-ring (bicyclic) bond motifs is 1. The van der Waals surface area contributed by atoms with Crippen LogP contribution in [0.3, 0.4) is 0 Å². The number of ketones is 1. The number of carbonyl (C=O) groups excluding carboxylic acids is 4. The molecule has 2 atom stereocenters. The number of nitrogens with one attached hydrogen (secondary N) is 4. The minimum absolute atomic E-state index is 0.128. The van der Waals surface area contributed by atoms with E-state index in [2.05, 4.69) is 32.8 Å². The first-order valence-electron chi connectivity index (χ1n) is 13.9. The van der Waals surface area contributed by atoms with Crippen molar-refractivity contribution < 1.29 is 23.9 Å². The van der Waals surface area contributed by atoms with E-state index in [-0.39, 0.29) is 34.7 Å². The zero-order chi connectivity index (χ0) is 29.4. The smallest absolute Gasteiger partial charge is 0.268 e. The third kappa shape index (κ3) is 8.29. The lowest BCUT2D eigenvalue weighted by molar-refractivity contribution is -0.124. The molecule has 1 aliphatic heterocycles. The number of hydrogen-bond acceptors (Lipinski definition) is 7. The number of Topliss-reactive ketones (excluding diaryl/α,β-unsaturated/α-hetero) is 1. The Morgan fingerprint density at radius 1 is 1.20 bits per heavy atom. The van der Waals surface area contributed by atoms with Crippen molar-refractivity contribution >= 4 is 57.3 Å². The number of methoxy groups -OCH3 is 1. The Hall–Kier alpha value is -3.44. The molecule has 0 spiro atoms. The van der Waals surface area contributed by atoms with E-state index in [0.717, 1.165) is 28.2 Å². The second kappa shape index (κ2) is 14.5. The molecule has 0 radical (unpaired) electrons. The van der Waals surface area contributed by atoms with Gasteiger partial charge in [0, 0.05) is 28.7 Å². The van der Waals surface area contributed by atoms with Crippen molar-refractivity contribution in [3.8, 4) is 5.75 Å². The van der Waals surface area contributed by atoms with Crippen LogP contribution >= 0.6 is 22.9 Å². The summed E-state index contributed by atoms with van der Waals surface area (Å²) >= 11 is 6.90. The molecule has 0 bridgehead atoms. The fourth-order valence-electron chi connectivity index (χ4n) is 5.14. The van der Waals surface area contributed by atoms with Crippen molar-refractivity contribution in [2.24, 2.45) is 11.8 Å². The van der Waals surface area contributed by atoms with Crippen molar-refractivity contribution in [1.82, 2.24) is 25.9 Å². The molecule has 3 aromatic rings. The van der Waals surface area contributed by atoms with Crippen molar-refractivity contribution in [2.45, 2.75) is 57.9 Å². The summed E-state index contributed by atoms with van der Waals surface area (Å²) in [5, 5.41) is 10.5. The summed E-state index contributed by atoms with van der Waals surface area (Å²) in [7, 11) is 1.54. The highest BCUT2D eigenvalue weighted by molar-refractivity contribution is 7.12. The summed E-state index contributed by atoms with van der Waals surface area (Å²) in [6.45, 7) is 2.52. The van der Waals surface area contributed by atoms with Crippen molar-refractivity contribution in [1.29, 1.82) is 0 Å². The molecule has 2 aromatic heterocycles. The molecule has 1 aromatic carbocycles. The van der Waals surface area contributed by atoms with E-state index in [4.69, 9.17) is 16.3 Å². The molecule has 1 unspecified atom stereocenters. The Balaban J connectivity index is 0.000000483. The molecule has 12 heteroatoms. The molecule has 41 heavy (non-hydrogen) atoms. The molecule has 2 fully saturated rings. The molecule has 1 saturated carbocycles. The summed E-state index contributed by atoms with van der Waals surface area (Å²) in [5.74, 6) is -0.398. The van der Waals surface area contributed by atoms with Crippen LogP contribution in [0.1, 0.15) is 72.2 Å². The summed E-state index contributed by atoms with van der Waals surface area (Å²) in [6.07, 6.45) is 8.13. The van der Waals surface area contributed by atoms with Gasteiger partial charge in [0.2, 0.25) is 17.6 Å². The lowest BCUT2D eigenvalue weighted by atomic mass is 9.91. The zero-order valence-electron chi connectivity index (χ0n) is 23.3. The Kier molecular flexibility index (Phi) is 10.8. The lowest BCUT2D eigenvalue weighted by Crippen LogP contribution is -2.46. The van der Waals surface area contributed by atoms with Crippen LogP contribution in [0.5, 0.6) is 5.75 Å². The zero-order valence-corrected chi connectivity index (χ0v) is 24.8. The number of halogens is 1. The van der Waals surface area contributed by atoms with Crippen molar-refractivity contribution in [3.63, 3.8) is 0 Å². The van der Waals surface area contributed by atoms with Crippen LogP contribution in [0, 0.1) is 11.8 Å². The third-order valence-electron chi connectivity index (χ3n) is 7.41. The first kappa shape index (κ1) is 30.5. The molecular formula is C29H36ClN5O5S. The van der Waals surface area contributed by atoms with Gasteiger partial charge in [-0.3, -0.25) is 19.2 Å². The summed E-state index contributed by atoms with van der Waals surface area (Å²) < 4.78 is 5.30. The third-order valence-corrected chi connectivity index (χ3v) is 8.59.